The number of benzene rings is 1. The smallest absolute Gasteiger partial charge is 0.251 e. The highest BCUT2D eigenvalue weighted by Gasteiger charge is 2.20. The number of hydrogen-bond donors (Lipinski definition) is 3. The van der Waals surface area contributed by atoms with Crippen LogP contribution in [-0.2, 0) is 4.74 Å². The maximum absolute atomic E-state index is 12.0. The topological polar surface area (TPSA) is 76.4 Å². The number of nitrogens with two attached hydrogens (primary N) is 1. The molecule has 0 spiro atoms. The largest absolute Gasteiger partial charge is 0.379 e. The molecule has 1 fully saturated rings. The highest BCUT2D eigenvalue weighted by Crippen LogP contribution is 2.28. The molecule has 4 N–H and O–H groups in total. The fraction of sp³-hybridized carbons (Fsp3) is 0.500. The van der Waals surface area contributed by atoms with Crippen molar-refractivity contribution in [3.63, 3.8) is 0 Å². The molecule has 0 aromatic heterocycles. The van der Waals surface area contributed by atoms with Gasteiger partial charge < -0.3 is 15.5 Å². The molecule has 1 aliphatic rings. The second-order valence-electron chi connectivity index (χ2n) is 4.95. The molecule has 19 heavy (non-hydrogen) atoms. The highest BCUT2D eigenvalue weighted by atomic mass is 16.5. The van der Waals surface area contributed by atoms with Gasteiger partial charge in [-0.15, -0.1) is 0 Å². The van der Waals surface area contributed by atoms with Gasteiger partial charge in [-0.2, -0.15) is 0 Å². The first-order chi connectivity index (χ1) is 9.20. The van der Waals surface area contributed by atoms with Crippen molar-refractivity contribution in [3.8, 4) is 0 Å². The van der Waals surface area contributed by atoms with E-state index in [1.165, 1.54) is 12.8 Å². The van der Waals surface area contributed by atoms with Gasteiger partial charge in [-0.1, -0.05) is 0 Å². The summed E-state index contributed by atoms with van der Waals surface area (Å²) in [6.07, 6.45) is 2.57. The van der Waals surface area contributed by atoms with Gasteiger partial charge >= 0.3 is 0 Å². The molecule has 0 bridgehead atoms. The molecule has 2 rings (SSSR count). The number of hydrazine groups is 1. The Kier molecular flexibility index (Phi) is 4.76. The molecule has 1 amide bonds. The fourth-order valence-electron chi connectivity index (χ4n) is 1.87. The Bertz CT molecular complexity index is 444. The maximum atomic E-state index is 12.0. The number of nitrogen functional groups attached to an aromatic ring is 1. The summed E-state index contributed by atoms with van der Waals surface area (Å²) in [5.74, 6) is 6.01. The zero-order valence-electron chi connectivity index (χ0n) is 11.2. The Morgan fingerprint density at radius 3 is 2.89 bits per heavy atom. The molecule has 0 atom stereocenters. The lowest BCUT2D eigenvalue weighted by Gasteiger charge is -2.09. The van der Waals surface area contributed by atoms with Crippen LogP contribution in [0.1, 0.15) is 28.8 Å². The van der Waals surface area contributed by atoms with Gasteiger partial charge in [0.25, 0.3) is 5.91 Å². The number of carbonyl (C=O) groups excluding carboxylic acids is 1. The van der Waals surface area contributed by atoms with Crippen LogP contribution in [0.15, 0.2) is 18.2 Å². The quantitative estimate of drug-likeness (QED) is 0.395. The van der Waals surface area contributed by atoms with E-state index in [1.807, 2.05) is 13.0 Å². The lowest BCUT2D eigenvalue weighted by molar-refractivity contribution is 0.0906. The Morgan fingerprint density at radius 2 is 2.26 bits per heavy atom. The number of carbonyl (C=O) groups is 1. The van der Waals surface area contributed by atoms with E-state index >= 15 is 0 Å². The average molecular weight is 263 g/mol. The third-order valence-electron chi connectivity index (χ3n) is 3.22. The van der Waals surface area contributed by atoms with Crippen molar-refractivity contribution in [3.05, 3.63) is 29.3 Å². The maximum Gasteiger partial charge on any atom is 0.251 e. The number of anilines is 1. The van der Waals surface area contributed by atoms with Gasteiger partial charge in [-0.3, -0.25) is 10.6 Å². The molecule has 104 valence electrons. The van der Waals surface area contributed by atoms with Gasteiger partial charge in [-0.25, -0.2) is 0 Å². The minimum atomic E-state index is -0.0731. The first-order valence-electron chi connectivity index (χ1n) is 6.64. The molecule has 1 aromatic carbocycles. The van der Waals surface area contributed by atoms with Crippen molar-refractivity contribution in [2.24, 2.45) is 11.8 Å². The van der Waals surface area contributed by atoms with Crippen LogP contribution in [0.4, 0.5) is 5.69 Å². The minimum absolute atomic E-state index is 0.0731. The molecule has 0 aliphatic heterocycles. The van der Waals surface area contributed by atoms with E-state index in [4.69, 9.17) is 10.6 Å². The molecule has 1 aliphatic carbocycles. The summed E-state index contributed by atoms with van der Waals surface area (Å²) in [6, 6.07) is 5.40. The van der Waals surface area contributed by atoms with Gasteiger partial charge in [-0.05, 0) is 49.4 Å². The summed E-state index contributed by atoms with van der Waals surface area (Å²) in [7, 11) is 0. The number of hydrogen-bond acceptors (Lipinski definition) is 4. The predicted octanol–water partition coefficient (Wildman–Crippen LogP) is 1.44. The van der Waals surface area contributed by atoms with Crippen molar-refractivity contribution in [1.82, 2.24) is 5.32 Å². The SMILES string of the molecule is Cc1cc(NN)ccc1C(=O)NCCOCC1CC1. The standard InChI is InChI=1S/C14H21N3O2/c1-10-8-12(17-15)4-5-13(10)14(18)16-6-7-19-9-11-2-3-11/h4-5,8,11,17H,2-3,6-7,9,15H2,1H3,(H,16,18). The lowest BCUT2D eigenvalue weighted by atomic mass is 10.1. The zero-order valence-corrected chi connectivity index (χ0v) is 11.2. The van der Waals surface area contributed by atoms with Crippen LogP contribution in [0.5, 0.6) is 0 Å². The Balaban J connectivity index is 1.75. The van der Waals surface area contributed by atoms with Gasteiger partial charge in [0.15, 0.2) is 0 Å². The molecule has 0 heterocycles. The Hall–Kier alpha value is -1.59. The van der Waals surface area contributed by atoms with Crippen molar-refractivity contribution >= 4 is 11.6 Å². The van der Waals surface area contributed by atoms with Gasteiger partial charge in [0.05, 0.1) is 6.61 Å². The van der Waals surface area contributed by atoms with E-state index < -0.39 is 0 Å². The molecule has 5 heteroatoms. The highest BCUT2D eigenvalue weighted by molar-refractivity contribution is 5.96. The van der Waals surface area contributed by atoms with E-state index in [2.05, 4.69) is 10.7 Å². The van der Waals surface area contributed by atoms with E-state index in [0.29, 0.717) is 18.7 Å². The third-order valence-corrected chi connectivity index (χ3v) is 3.22. The van der Waals surface area contributed by atoms with E-state index in [0.717, 1.165) is 23.8 Å². The molecule has 0 saturated heterocycles. The summed E-state index contributed by atoms with van der Waals surface area (Å²) in [6.45, 7) is 3.83. The lowest BCUT2D eigenvalue weighted by Crippen LogP contribution is -2.28. The summed E-state index contributed by atoms with van der Waals surface area (Å²) in [4.78, 5) is 12.0. The molecular formula is C14H21N3O2. The number of nitrogens with one attached hydrogen (secondary N) is 2. The van der Waals surface area contributed by atoms with Gasteiger partial charge in [0, 0.05) is 24.4 Å². The first kappa shape index (κ1) is 13.8. The number of ether oxygens (including phenoxy) is 1. The van der Waals surface area contributed by atoms with Crippen LogP contribution in [0.2, 0.25) is 0 Å². The first-order valence-corrected chi connectivity index (χ1v) is 6.64. The Morgan fingerprint density at radius 1 is 1.47 bits per heavy atom. The summed E-state index contributed by atoms with van der Waals surface area (Å²) in [5.41, 5.74) is 4.91. The molecule has 5 nitrogen and oxygen atoms in total. The average Bonchev–Trinajstić information content (AvgIpc) is 3.22. The van der Waals surface area contributed by atoms with Crippen LogP contribution in [-0.4, -0.2) is 25.7 Å². The van der Waals surface area contributed by atoms with Crippen molar-refractivity contribution in [1.29, 1.82) is 0 Å². The van der Waals surface area contributed by atoms with E-state index in [1.54, 1.807) is 12.1 Å². The second kappa shape index (κ2) is 6.54. The van der Waals surface area contributed by atoms with Gasteiger partial charge in [0.1, 0.15) is 0 Å². The van der Waals surface area contributed by atoms with Crippen LogP contribution in [0.25, 0.3) is 0 Å². The van der Waals surface area contributed by atoms with Crippen molar-refractivity contribution < 1.29 is 9.53 Å². The normalized spacial score (nSPS) is 14.2. The van der Waals surface area contributed by atoms with Crippen molar-refractivity contribution in [2.45, 2.75) is 19.8 Å². The molecule has 1 saturated carbocycles. The van der Waals surface area contributed by atoms with Crippen LogP contribution in [0.3, 0.4) is 0 Å². The molecule has 0 unspecified atom stereocenters. The predicted molar refractivity (Wildman–Crippen MR) is 74.9 cm³/mol. The summed E-state index contributed by atoms with van der Waals surface area (Å²) >= 11 is 0. The third kappa shape index (κ3) is 4.22. The second-order valence-corrected chi connectivity index (χ2v) is 4.95. The fourth-order valence-corrected chi connectivity index (χ4v) is 1.87. The molecular weight excluding hydrogens is 242 g/mol. The zero-order chi connectivity index (χ0) is 13.7. The van der Waals surface area contributed by atoms with Gasteiger partial charge in [0.2, 0.25) is 0 Å². The number of amides is 1. The Labute approximate surface area is 113 Å². The van der Waals surface area contributed by atoms with Crippen LogP contribution >= 0.6 is 0 Å². The summed E-state index contributed by atoms with van der Waals surface area (Å²) in [5, 5.41) is 2.86. The number of rotatable bonds is 7. The monoisotopic (exact) mass is 263 g/mol. The molecule has 1 aromatic rings. The van der Waals surface area contributed by atoms with E-state index in [-0.39, 0.29) is 5.91 Å². The summed E-state index contributed by atoms with van der Waals surface area (Å²) < 4.78 is 5.47. The molecule has 0 radical (unpaired) electrons. The number of aryl methyl sites for hydroxylation is 1. The van der Waals surface area contributed by atoms with Crippen molar-refractivity contribution in [2.75, 3.05) is 25.2 Å². The van der Waals surface area contributed by atoms with Crippen LogP contribution in [0, 0.1) is 12.8 Å². The van der Waals surface area contributed by atoms with E-state index in [9.17, 15) is 4.79 Å². The van der Waals surface area contributed by atoms with Crippen LogP contribution < -0.4 is 16.6 Å². The minimum Gasteiger partial charge on any atom is -0.379 e.